The van der Waals surface area contributed by atoms with Gasteiger partial charge in [0.2, 0.25) is 5.88 Å². The summed E-state index contributed by atoms with van der Waals surface area (Å²) in [7, 11) is 1.57. The van der Waals surface area contributed by atoms with E-state index in [-0.39, 0.29) is 12.0 Å². The zero-order valence-corrected chi connectivity index (χ0v) is 12.9. The molecule has 0 aliphatic rings. The molecule has 108 valence electrons. The number of hydrogen-bond donors (Lipinski definition) is 1. The predicted octanol–water partition coefficient (Wildman–Crippen LogP) is 3.32. The summed E-state index contributed by atoms with van der Waals surface area (Å²) in [6.07, 6.45) is 0. The number of hydrogen-bond acceptors (Lipinski definition) is 3. The van der Waals surface area contributed by atoms with Gasteiger partial charge in [0.15, 0.2) is 0 Å². The molecule has 0 spiro atoms. The summed E-state index contributed by atoms with van der Waals surface area (Å²) in [6, 6.07) is 7.37. The first-order chi connectivity index (χ1) is 9.38. The van der Waals surface area contributed by atoms with Crippen molar-refractivity contribution >= 4 is 11.6 Å². The highest BCUT2D eigenvalue weighted by Gasteiger charge is 2.27. The smallest absolute Gasteiger partial charge is 0.222 e. The van der Waals surface area contributed by atoms with Gasteiger partial charge in [-0.1, -0.05) is 38.4 Å². The van der Waals surface area contributed by atoms with Crippen molar-refractivity contribution in [2.24, 2.45) is 0 Å². The number of aliphatic hydroxyl groups excluding tert-OH is 1. The van der Waals surface area contributed by atoms with Gasteiger partial charge >= 0.3 is 0 Å². The summed E-state index contributed by atoms with van der Waals surface area (Å²) in [5.41, 5.74) is 2.14. The minimum absolute atomic E-state index is 0.115. The first-order valence-corrected chi connectivity index (χ1v) is 6.79. The van der Waals surface area contributed by atoms with Gasteiger partial charge in [0.1, 0.15) is 0 Å². The second-order valence-corrected chi connectivity index (χ2v) is 6.07. The highest BCUT2D eigenvalue weighted by atomic mass is 35.5. The number of halogens is 1. The summed E-state index contributed by atoms with van der Waals surface area (Å²) in [4.78, 5) is 0. The predicted molar refractivity (Wildman–Crippen MR) is 79.7 cm³/mol. The molecule has 0 amide bonds. The van der Waals surface area contributed by atoms with Crippen molar-refractivity contribution in [3.8, 4) is 11.6 Å². The van der Waals surface area contributed by atoms with E-state index in [4.69, 9.17) is 16.3 Å². The molecule has 0 radical (unpaired) electrons. The minimum atomic E-state index is -0.185. The Morgan fingerprint density at radius 3 is 2.55 bits per heavy atom. The van der Waals surface area contributed by atoms with Gasteiger partial charge in [0, 0.05) is 10.4 Å². The van der Waals surface area contributed by atoms with Crippen LogP contribution in [-0.2, 0) is 12.0 Å². The first kappa shape index (κ1) is 14.9. The fraction of sp³-hybridized carbons (Fsp3) is 0.400. The molecule has 1 N–H and O–H groups in total. The van der Waals surface area contributed by atoms with Crippen LogP contribution in [-0.4, -0.2) is 22.0 Å². The second kappa shape index (κ2) is 5.46. The van der Waals surface area contributed by atoms with Crippen LogP contribution in [0.5, 0.6) is 5.88 Å². The zero-order chi connectivity index (χ0) is 14.9. The van der Waals surface area contributed by atoms with Gasteiger partial charge in [-0.3, -0.25) is 0 Å². The van der Waals surface area contributed by atoms with Crippen molar-refractivity contribution in [2.45, 2.75) is 32.8 Å². The lowest BCUT2D eigenvalue weighted by molar-refractivity contribution is 0.269. The molecule has 0 unspecified atom stereocenters. The Balaban J connectivity index is 2.68. The normalized spacial score (nSPS) is 11.7. The van der Waals surface area contributed by atoms with E-state index in [9.17, 15) is 5.11 Å². The van der Waals surface area contributed by atoms with E-state index in [1.807, 2.05) is 18.2 Å². The molecule has 4 nitrogen and oxygen atoms in total. The van der Waals surface area contributed by atoms with Gasteiger partial charge in [0.25, 0.3) is 0 Å². The van der Waals surface area contributed by atoms with Crippen molar-refractivity contribution in [2.75, 3.05) is 7.11 Å². The van der Waals surface area contributed by atoms with E-state index in [1.54, 1.807) is 17.9 Å². The van der Waals surface area contributed by atoms with E-state index in [2.05, 4.69) is 25.9 Å². The van der Waals surface area contributed by atoms with E-state index in [0.29, 0.717) is 16.5 Å². The number of benzene rings is 1. The number of nitrogens with zero attached hydrogens (tertiary/aromatic N) is 2. The van der Waals surface area contributed by atoms with Gasteiger partial charge in [-0.25, -0.2) is 4.68 Å². The molecule has 0 saturated heterocycles. The molecule has 1 heterocycles. The standard InChI is InChI=1S/C15H19ClN2O2/c1-15(2,3)13-12(9-19)14(20-4)18(17-13)11-7-5-6-10(16)8-11/h5-8,19H,9H2,1-4H3. The Kier molecular flexibility index (Phi) is 4.06. The molecule has 0 aliphatic heterocycles. The average molecular weight is 295 g/mol. The zero-order valence-electron chi connectivity index (χ0n) is 12.1. The summed E-state index contributed by atoms with van der Waals surface area (Å²) in [5.74, 6) is 0.541. The van der Waals surface area contributed by atoms with Crippen LogP contribution in [0, 0.1) is 0 Å². The Bertz CT molecular complexity index is 615. The third-order valence-corrected chi connectivity index (χ3v) is 3.29. The summed E-state index contributed by atoms with van der Waals surface area (Å²) < 4.78 is 7.11. The highest BCUT2D eigenvalue weighted by Crippen LogP contribution is 2.33. The molecule has 1 aromatic carbocycles. The molecule has 0 aliphatic carbocycles. The lowest BCUT2D eigenvalue weighted by Gasteiger charge is -2.16. The molecule has 1 aromatic heterocycles. The van der Waals surface area contributed by atoms with Crippen molar-refractivity contribution in [3.63, 3.8) is 0 Å². The first-order valence-electron chi connectivity index (χ1n) is 6.41. The lowest BCUT2D eigenvalue weighted by Crippen LogP contribution is -2.15. The van der Waals surface area contributed by atoms with Gasteiger partial charge in [-0.15, -0.1) is 0 Å². The third kappa shape index (κ3) is 2.67. The molecule has 0 fully saturated rings. The monoisotopic (exact) mass is 294 g/mol. The van der Waals surface area contributed by atoms with Gasteiger partial charge in [-0.2, -0.15) is 5.10 Å². The molecular formula is C15H19ClN2O2. The maximum atomic E-state index is 9.65. The fourth-order valence-electron chi connectivity index (χ4n) is 2.17. The topological polar surface area (TPSA) is 47.3 Å². The Morgan fingerprint density at radius 2 is 2.05 bits per heavy atom. The minimum Gasteiger partial charge on any atom is -0.481 e. The number of aromatic nitrogens is 2. The average Bonchev–Trinajstić information content (AvgIpc) is 2.76. The second-order valence-electron chi connectivity index (χ2n) is 5.64. The van der Waals surface area contributed by atoms with E-state index in [0.717, 1.165) is 11.4 Å². The fourth-order valence-corrected chi connectivity index (χ4v) is 2.36. The van der Waals surface area contributed by atoms with Crippen molar-refractivity contribution in [1.29, 1.82) is 0 Å². The van der Waals surface area contributed by atoms with Crippen molar-refractivity contribution < 1.29 is 9.84 Å². The van der Waals surface area contributed by atoms with Crippen molar-refractivity contribution in [3.05, 3.63) is 40.5 Å². The largest absolute Gasteiger partial charge is 0.481 e. The maximum absolute atomic E-state index is 9.65. The van der Waals surface area contributed by atoms with Crippen LogP contribution in [0.2, 0.25) is 5.02 Å². The molecule has 0 bridgehead atoms. The van der Waals surface area contributed by atoms with Crippen LogP contribution in [0.15, 0.2) is 24.3 Å². The number of ether oxygens (including phenoxy) is 1. The molecular weight excluding hydrogens is 276 g/mol. The quantitative estimate of drug-likeness (QED) is 0.944. The third-order valence-electron chi connectivity index (χ3n) is 3.05. The molecule has 0 atom stereocenters. The summed E-state index contributed by atoms with van der Waals surface area (Å²) in [6.45, 7) is 6.04. The van der Waals surface area contributed by atoms with Crippen molar-refractivity contribution in [1.82, 2.24) is 9.78 Å². The Labute approximate surface area is 123 Å². The van der Waals surface area contributed by atoms with Crippen LogP contribution in [0.1, 0.15) is 32.0 Å². The van der Waals surface area contributed by atoms with Crippen LogP contribution in [0.3, 0.4) is 0 Å². The number of rotatable bonds is 3. The van der Waals surface area contributed by atoms with Crippen LogP contribution in [0.25, 0.3) is 5.69 Å². The number of methoxy groups -OCH3 is 1. The highest BCUT2D eigenvalue weighted by molar-refractivity contribution is 6.30. The molecule has 2 rings (SSSR count). The molecule has 5 heteroatoms. The van der Waals surface area contributed by atoms with E-state index >= 15 is 0 Å². The summed E-state index contributed by atoms with van der Waals surface area (Å²) >= 11 is 6.03. The maximum Gasteiger partial charge on any atom is 0.222 e. The number of aliphatic hydroxyl groups is 1. The lowest BCUT2D eigenvalue weighted by atomic mass is 9.89. The van der Waals surface area contributed by atoms with Crippen LogP contribution >= 0.6 is 11.6 Å². The molecule has 0 saturated carbocycles. The van der Waals surface area contributed by atoms with E-state index < -0.39 is 0 Å². The Morgan fingerprint density at radius 1 is 1.35 bits per heavy atom. The van der Waals surface area contributed by atoms with Gasteiger partial charge in [-0.05, 0) is 18.2 Å². The SMILES string of the molecule is COc1c(CO)c(C(C)(C)C)nn1-c1cccc(Cl)c1. The Hall–Kier alpha value is -1.52. The van der Waals surface area contributed by atoms with E-state index in [1.165, 1.54) is 0 Å². The van der Waals surface area contributed by atoms with Crippen LogP contribution in [0.4, 0.5) is 0 Å². The van der Waals surface area contributed by atoms with Gasteiger partial charge < -0.3 is 9.84 Å². The summed E-state index contributed by atoms with van der Waals surface area (Å²) in [5, 5.41) is 14.9. The van der Waals surface area contributed by atoms with Crippen LogP contribution < -0.4 is 4.74 Å². The molecule has 2 aromatic rings. The van der Waals surface area contributed by atoms with Gasteiger partial charge in [0.05, 0.1) is 30.7 Å². The molecule has 20 heavy (non-hydrogen) atoms.